The van der Waals surface area contributed by atoms with Crippen LogP contribution in [-0.2, 0) is 7.05 Å². The van der Waals surface area contributed by atoms with Crippen LogP contribution in [0.1, 0.15) is 0 Å². The van der Waals surface area contributed by atoms with E-state index in [2.05, 4.69) is 245 Å². The van der Waals surface area contributed by atoms with E-state index in [1.165, 1.54) is 38.4 Å². The molecule has 7 heteroatoms. The van der Waals surface area contributed by atoms with E-state index in [0.717, 1.165) is 95.6 Å². The van der Waals surface area contributed by atoms with Crippen molar-refractivity contribution in [3.05, 3.63) is 243 Å². The Kier molecular flexibility index (Phi) is 8.87. The first-order valence-electron chi connectivity index (χ1n) is 24.6. The highest BCUT2D eigenvalue weighted by Gasteiger charge is 2.43. The fraction of sp³-hybridized carbons (Fsp3) is 0.0154. The van der Waals surface area contributed by atoms with Gasteiger partial charge in [0.15, 0.2) is 0 Å². The smallest absolute Gasteiger partial charge is 0.252 e. The van der Waals surface area contributed by atoms with Crippen LogP contribution in [-0.4, -0.2) is 11.3 Å². The van der Waals surface area contributed by atoms with Crippen molar-refractivity contribution in [3.63, 3.8) is 0 Å². The van der Waals surface area contributed by atoms with Gasteiger partial charge in [-0.25, -0.2) is 0 Å². The molecular formula is C65H43BN4O2. The van der Waals surface area contributed by atoms with Crippen LogP contribution in [0.3, 0.4) is 0 Å². The molecule has 0 N–H and O–H groups in total. The molecule has 0 aliphatic carbocycles. The summed E-state index contributed by atoms with van der Waals surface area (Å²) in [7, 11) is 2.17. The predicted molar refractivity (Wildman–Crippen MR) is 300 cm³/mol. The number of rotatable bonds is 7. The number of aromatic nitrogens is 1. The highest BCUT2D eigenvalue weighted by Crippen LogP contribution is 2.49. The number of fused-ring (bicyclic) bond motifs is 9. The van der Waals surface area contributed by atoms with Crippen LogP contribution in [0.2, 0.25) is 0 Å². The van der Waals surface area contributed by atoms with Gasteiger partial charge in [-0.1, -0.05) is 115 Å². The first-order valence-corrected chi connectivity index (χ1v) is 24.6. The number of hydrogen-bond acceptors (Lipinski definition) is 5. The van der Waals surface area contributed by atoms with Gasteiger partial charge in [0.1, 0.15) is 22.7 Å². The van der Waals surface area contributed by atoms with Gasteiger partial charge in [0.25, 0.3) is 6.71 Å². The molecule has 10 aromatic carbocycles. The van der Waals surface area contributed by atoms with Crippen molar-refractivity contribution in [1.29, 1.82) is 0 Å². The zero-order valence-corrected chi connectivity index (χ0v) is 39.3. The van der Waals surface area contributed by atoms with Gasteiger partial charge < -0.3 is 28.1 Å². The zero-order chi connectivity index (χ0) is 47.4. The van der Waals surface area contributed by atoms with E-state index >= 15 is 0 Å². The number of furan rings is 2. The predicted octanol–water partition coefficient (Wildman–Crippen LogP) is 15.7. The van der Waals surface area contributed by atoms with E-state index in [-0.39, 0.29) is 6.71 Å². The second kappa shape index (κ2) is 15.8. The molecule has 0 saturated heterocycles. The first kappa shape index (κ1) is 40.4. The molecule has 0 amide bonds. The van der Waals surface area contributed by atoms with Crippen molar-refractivity contribution in [2.75, 3.05) is 14.7 Å². The van der Waals surface area contributed by atoms with Gasteiger partial charge in [-0.05, 0) is 144 Å². The summed E-state index contributed by atoms with van der Waals surface area (Å²) in [4.78, 5) is 7.38. The lowest BCUT2D eigenvalue weighted by atomic mass is 9.33. The lowest BCUT2D eigenvalue weighted by Gasteiger charge is -2.45. The Morgan fingerprint density at radius 3 is 1.50 bits per heavy atom. The molecule has 0 radical (unpaired) electrons. The lowest BCUT2D eigenvalue weighted by Crippen LogP contribution is -2.61. The van der Waals surface area contributed by atoms with E-state index in [1.54, 1.807) is 0 Å². The van der Waals surface area contributed by atoms with E-state index in [1.807, 2.05) is 24.3 Å². The van der Waals surface area contributed by atoms with Crippen molar-refractivity contribution in [1.82, 2.24) is 4.57 Å². The molecule has 2 aliphatic rings. The first-order chi connectivity index (χ1) is 35.6. The Bertz CT molecular complexity index is 4200. The standard InChI is InChI=1S/C65H43BN4O2/c1-67-55-22-10-7-19-51(55)52-36-35-49(39-58(52)67)68(47-31-27-42(28-32-47)63-37-44-15-5-13-25-61(44)71-63)50-40-59-65-60(41-50)70(48-33-29-43(30-34-48)64-38-45-16-6-14-26-62(45)72-64)57-24-12-9-21-54(57)66(65)53-20-8-11-23-56(53)69(59)46-17-3-2-4-18-46/h2-41H,1H3. The normalized spacial score (nSPS) is 12.7. The summed E-state index contributed by atoms with van der Waals surface area (Å²) in [6.07, 6.45) is 0. The van der Waals surface area contributed by atoms with Crippen molar-refractivity contribution < 1.29 is 8.83 Å². The molecule has 13 aromatic rings. The monoisotopic (exact) mass is 922 g/mol. The van der Waals surface area contributed by atoms with E-state index in [4.69, 9.17) is 8.83 Å². The van der Waals surface area contributed by atoms with Gasteiger partial charge in [0.05, 0.1) is 11.2 Å². The molecule has 0 fully saturated rings. The van der Waals surface area contributed by atoms with Crippen LogP contribution < -0.4 is 31.1 Å². The average Bonchev–Trinajstić information content (AvgIpc) is 4.16. The minimum absolute atomic E-state index is 0.0221. The van der Waals surface area contributed by atoms with E-state index in [0.29, 0.717) is 0 Å². The van der Waals surface area contributed by atoms with Gasteiger partial charge >= 0.3 is 0 Å². The third kappa shape index (κ3) is 6.17. The maximum Gasteiger partial charge on any atom is 0.252 e. The van der Waals surface area contributed by atoms with Crippen LogP contribution in [0.15, 0.2) is 251 Å². The zero-order valence-electron chi connectivity index (χ0n) is 39.3. The Morgan fingerprint density at radius 1 is 0.375 bits per heavy atom. The maximum absolute atomic E-state index is 6.40. The van der Waals surface area contributed by atoms with Crippen LogP contribution in [0.5, 0.6) is 0 Å². The van der Waals surface area contributed by atoms with Crippen molar-refractivity contribution >= 4 is 118 Å². The SMILES string of the molecule is Cn1c2ccccc2c2ccc(N(c3ccc(-c4cc5ccccc5o4)cc3)c3cc4c5c(c3)N(c3ccc(-c6cc7ccccc7o6)cc3)c3ccccc3B5c3ccccc3N4c3ccccc3)cc21. The number of benzene rings is 10. The molecule has 72 heavy (non-hydrogen) atoms. The number of nitrogens with zero attached hydrogens (tertiary/aromatic N) is 4. The molecule has 0 spiro atoms. The second-order valence-electron chi connectivity index (χ2n) is 19.0. The molecule has 0 atom stereocenters. The lowest BCUT2D eigenvalue weighted by molar-refractivity contribution is 0.631. The summed E-state index contributed by atoms with van der Waals surface area (Å²) in [5.41, 5.74) is 19.8. The summed E-state index contributed by atoms with van der Waals surface area (Å²) in [6.45, 7) is -0.0221. The van der Waals surface area contributed by atoms with Crippen LogP contribution >= 0.6 is 0 Å². The minimum atomic E-state index is -0.0221. The van der Waals surface area contributed by atoms with Crippen LogP contribution in [0.4, 0.5) is 51.2 Å². The second-order valence-corrected chi connectivity index (χ2v) is 19.0. The summed E-state index contributed by atoms with van der Waals surface area (Å²) in [6, 6.07) is 87.6. The van der Waals surface area contributed by atoms with Crippen LogP contribution in [0, 0.1) is 0 Å². The minimum Gasteiger partial charge on any atom is -0.456 e. The largest absolute Gasteiger partial charge is 0.456 e. The third-order valence-corrected chi connectivity index (χ3v) is 15.0. The quantitative estimate of drug-likeness (QED) is 0.149. The Balaban J connectivity index is 0.985. The molecule has 338 valence electrons. The fourth-order valence-corrected chi connectivity index (χ4v) is 11.7. The maximum atomic E-state index is 6.40. The van der Waals surface area contributed by atoms with Gasteiger partial charge in [0, 0.05) is 90.7 Å². The van der Waals surface area contributed by atoms with E-state index < -0.39 is 0 Å². The molecular weight excluding hydrogens is 880 g/mol. The molecule has 2 aliphatic heterocycles. The summed E-state index contributed by atoms with van der Waals surface area (Å²) >= 11 is 0. The molecule has 0 unspecified atom stereocenters. The highest BCUT2D eigenvalue weighted by molar-refractivity contribution is 7.00. The average molecular weight is 923 g/mol. The van der Waals surface area contributed by atoms with Crippen molar-refractivity contribution in [2.24, 2.45) is 7.05 Å². The molecule has 0 saturated carbocycles. The van der Waals surface area contributed by atoms with Gasteiger partial charge in [-0.15, -0.1) is 0 Å². The number of hydrogen-bond donors (Lipinski definition) is 0. The van der Waals surface area contributed by atoms with Gasteiger partial charge in [-0.2, -0.15) is 0 Å². The molecule has 0 bridgehead atoms. The van der Waals surface area contributed by atoms with Gasteiger partial charge in [-0.3, -0.25) is 0 Å². The Labute approximate surface area is 416 Å². The molecule has 5 heterocycles. The number of anilines is 9. The van der Waals surface area contributed by atoms with Gasteiger partial charge in [0.2, 0.25) is 0 Å². The topological polar surface area (TPSA) is 40.9 Å². The fourth-order valence-electron chi connectivity index (χ4n) is 11.7. The van der Waals surface area contributed by atoms with Crippen LogP contribution in [0.25, 0.3) is 66.4 Å². The number of para-hydroxylation sites is 6. The van der Waals surface area contributed by atoms with E-state index in [9.17, 15) is 0 Å². The molecule has 3 aromatic heterocycles. The third-order valence-electron chi connectivity index (χ3n) is 15.0. The summed E-state index contributed by atoms with van der Waals surface area (Å²) in [5, 5.41) is 4.64. The molecule has 6 nitrogen and oxygen atoms in total. The highest BCUT2D eigenvalue weighted by atomic mass is 16.3. The summed E-state index contributed by atoms with van der Waals surface area (Å²) in [5.74, 6) is 1.69. The van der Waals surface area contributed by atoms with Crippen molar-refractivity contribution in [3.8, 4) is 22.6 Å². The summed E-state index contributed by atoms with van der Waals surface area (Å²) < 4.78 is 15.1. The number of aryl methyl sites for hydroxylation is 1. The Morgan fingerprint density at radius 2 is 0.875 bits per heavy atom. The Hall–Kier alpha value is -9.46. The van der Waals surface area contributed by atoms with Crippen molar-refractivity contribution in [2.45, 2.75) is 0 Å². The molecule has 15 rings (SSSR count).